The van der Waals surface area contributed by atoms with Gasteiger partial charge in [-0.2, -0.15) is 0 Å². The number of esters is 1. The van der Waals surface area contributed by atoms with E-state index in [1.807, 2.05) is 12.1 Å². The molecule has 0 saturated heterocycles. The second kappa shape index (κ2) is 6.77. The zero-order valence-corrected chi connectivity index (χ0v) is 11.1. The fraction of sp³-hybridized carbons (Fsp3) is 0.200. The number of pyridine rings is 1. The van der Waals surface area contributed by atoms with Crippen molar-refractivity contribution in [2.45, 2.75) is 13.1 Å². The molecule has 0 radical (unpaired) electrons. The lowest BCUT2D eigenvalue weighted by molar-refractivity contribution is 0.0600. The number of ether oxygens (including phenoxy) is 1. The van der Waals surface area contributed by atoms with Crippen LogP contribution in [0.2, 0.25) is 0 Å². The average molecular weight is 274 g/mol. The van der Waals surface area contributed by atoms with Crippen LogP contribution in [0.3, 0.4) is 0 Å². The van der Waals surface area contributed by atoms with E-state index in [4.69, 9.17) is 0 Å². The van der Waals surface area contributed by atoms with Gasteiger partial charge < -0.3 is 10.1 Å². The maximum Gasteiger partial charge on any atom is 0.337 e. The van der Waals surface area contributed by atoms with E-state index in [0.717, 1.165) is 11.1 Å². The molecule has 0 amide bonds. The summed E-state index contributed by atoms with van der Waals surface area (Å²) in [6.07, 6.45) is 2.80. The lowest BCUT2D eigenvalue weighted by Gasteiger charge is -2.06. The Morgan fingerprint density at radius 1 is 1.20 bits per heavy atom. The van der Waals surface area contributed by atoms with Gasteiger partial charge in [-0.1, -0.05) is 12.1 Å². The quantitative estimate of drug-likeness (QED) is 0.850. The second-order valence-corrected chi connectivity index (χ2v) is 4.30. The van der Waals surface area contributed by atoms with Gasteiger partial charge in [-0.25, -0.2) is 9.18 Å². The van der Waals surface area contributed by atoms with Crippen molar-refractivity contribution in [2.24, 2.45) is 0 Å². The van der Waals surface area contributed by atoms with E-state index in [9.17, 15) is 9.18 Å². The van der Waals surface area contributed by atoms with E-state index in [2.05, 4.69) is 15.0 Å². The van der Waals surface area contributed by atoms with Crippen LogP contribution in [0.5, 0.6) is 0 Å². The molecule has 0 aliphatic carbocycles. The average Bonchev–Trinajstić information content (AvgIpc) is 2.47. The molecule has 5 heteroatoms. The number of hydrogen-bond acceptors (Lipinski definition) is 4. The zero-order valence-electron chi connectivity index (χ0n) is 11.1. The number of rotatable bonds is 5. The number of benzene rings is 1. The van der Waals surface area contributed by atoms with Crippen LogP contribution in [0.4, 0.5) is 4.39 Å². The molecule has 0 spiro atoms. The Balaban J connectivity index is 1.86. The van der Waals surface area contributed by atoms with Crippen molar-refractivity contribution in [1.29, 1.82) is 0 Å². The highest BCUT2D eigenvalue weighted by molar-refractivity contribution is 5.89. The molecule has 2 rings (SSSR count). The van der Waals surface area contributed by atoms with E-state index in [-0.39, 0.29) is 11.8 Å². The van der Waals surface area contributed by atoms with Gasteiger partial charge in [-0.3, -0.25) is 4.98 Å². The Kier molecular flexibility index (Phi) is 4.79. The van der Waals surface area contributed by atoms with Crippen molar-refractivity contribution in [3.8, 4) is 0 Å². The minimum Gasteiger partial charge on any atom is -0.465 e. The number of nitrogens with one attached hydrogen (secondary N) is 1. The summed E-state index contributed by atoms with van der Waals surface area (Å²) in [4.78, 5) is 15.1. The summed E-state index contributed by atoms with van der Waals surface area (Å²) in [5, 5.41) is 3.19. The predicted octanol–water partition coefficient (Wildman–Crippen LogP) is 2.30. The fourth-order valence-corrected chi connectivity index (χ4v) is 1.78. The fourth-order valence-electron chi connectivity index (χ4n) is 1.78. The molecule has 0 fully saturated rings. The number of aromatic nitrogens is 1. The molecule has 0 bridgehead atoms. The third-order valence-electron chi connectivity index (χ3n) is 2.79. The molecule has 0 aliphatic rings. The second-order valence-electron chi connectivity index (χ2n) is 4.30. The van der Waals surface area contributed by atoms with Gasteiger partial charge in [0.05, 0.1) is 18.9 Å². The molecule has 104 valence electrons. The van der Waals surface area contributed by atoms with Gasteiger partial charge in [-0.15, -0.1) is 0 Å². The van der Waals surface area contributed by atoms with E-state index in [1.165, 1.54) is 19.4 Å². The van der Waals surface area contributed by atoms with Crippen molar-refractivity contribution in [3.05, 3.63) is 65.2 Å². The normalized spacial score (nSPS) is 10.3. The van der Waals surface area contributed by atoms with Crippen molar-refractivity contribution in [2.75, 3.05) is 7.11 Å². The van der Waals surface area contributed by atoms with E-state index in [1.54, 1.807) is 18.3 Å². The molecule has 2 aromatic rings. The van der Waals surface area contributed by atoms with Crippen molar-refractivity contribution < 1.29 is 13.9 Å². The minimum absolute atomic E-state index is 0.341. The SMILES string of the molecule is COC(=O)c1ccc(CNCc2cncc(F)c2)cc1. The van der Waals surface area contributed by atoms with Gasteiger partial charge in [0.15, 0.2) is 0 Å². The van der Waals surface area contributed by atoms with Crippen LogP contribution in [0.25, 0.3) is 0 Å². The van der Waals surface area contributed by atoms with Gasteiger partial charge in [0.25, 0.3) is 0 Å². The molecule has 0 aliphatic heterocycles. The van der Waals surface area contributed by atoms with Crippen molar-refractivity contribution >= 4 is 5.97 Å². The molecule has 1 aromatic carbocycles. The number of nitrogens with zero attached hydrogens (tertiary/aromatic N) is 1. The van der Waals surface area contributed by atoms with Gasteiger partial charge in [-0.05, 0) is 29.3 Å². The lowest BCUT2D eigenvalue weighted by atomic mass is 10.1. The first-order valence-electron chi connectivity index (χ1n) is 6.16. The molecule has 20 heavy (non-hydrogen) atoms. The van der Waals surface area contributed by atoms with Crippen LogP contribution in [0.15, 0.2) is 42.7 Å². The third-order valence-corrected chi connectivity index (χ3v) is 2.79. The molecule has 0 unspecified atom stereocenters. The highest BCUT2D eigenvalue weighted by atomic mass is 19.1. The topological polar surface area (TPSA) is 51.2 Å². The molecule has 1 heterocycles. The Bertz CT molecular complexity index is 585. The first kappa shape index (κ1) is 14.1. The Morgan fingerprint density at radius 2 is 1.90 bits per heavy atom. The number of carbonyl (C=O) groups is 1. The standard InChI is InChI=1S/C15H15FN2O2/c1-20-15(19)13-4-2-11(3-5-13)7-17-8-12-6-14(16)10-18-9-12/h2-6,9-10,17H,7-8H2,1H3. The van der Waals surface area contributed by atoms with E-state index in [0.29, 0.717) is 18.7 Å². The number of carbonyl (C=O) groups excluding carboxylic acids is 1. The minimum atomic E-state index is -0.352. The van der Waals surface area contributed by atoms with Crippen LogP contribution in [0.1, 0.15) is 21.5 Å². The summed E-state index contributed by atoms with van der Waals surface area (Å²) >= 11 is 0. The molecule has 0 saturated carbocycles. The highest BCUT2D eigenvalue weighted by Crippen LogP contribution is 2.06. The van der Waals surface area contributed by atoms with Gasteiger partial charge in [0, 0.05) is 19.3 Å². The molecule has 1 N–H and O–H groups in total. The molecule has 1 aromatic heterocycles. The van der Waals surface area contributed by atoms with Crippen LogP contribution >= 0.6 is 0 Å². The van der Waals surface area contributed by atoms with Gasteiger partial charge in [0.1, 0.15) is 5.82 Å². The summed E-state index contributed by atoms with van der Waals surface area (Å²) in [5.74, 6) is -0.693. The monoisotopic (exact) mass is 274 g/mol. The zero-order chi connectivity index (χ0) is 14.4. The molecular formula is C15H15FN2O2. The maximum atomic E-state index is 12.9. The predicted molar refractivity (Wildman–Crippen MR) is 72.5 cm³/mol. The van der Waals surface area contributed by atoms with Gasteiger partial charge >= 0.3 is 5.97 Å². The summed E-state index contributed by atoms with van der Waals surface area (Å²) in [7, 11) is 1.35. The van der Waals surface area contributed by atoms with E-state index >= 15 is 0 Å². The van der Waals surface area contributed by atoms with Crippen LogP contribution < -0.4 is 5.32 Å². The first-order chi connectivity index (χ1) is 9.69. The van der Waals surface area contributed by atoms with Crippen molar-refractivity contribution in [3.63, 3.8) is 0 Å². The highest BCUT2D eigenvalue weighted by Gasteiger charge is 2.04. The smallest absolute Gasteiger partial charge is 0.337 e. The molecular weight excluding hydrogens is 259 g/mol. The third kappa shape index (κ3) is 3.86. The summed E-state index contributed by atoms with van der Waals surface area (Å²) in [5.41, 5.74) is 2.34. The molecule has 4 nitrogen and oxygen atoms in total. The summed E-state index contributed by atoms with van der Waals surface area (Å²) in [6, 6.07) is 8.58. The number of methoxy groups -OCH3 is 1. The maximum absolute atomic E-state index is 12.9. The van der Waals surface area contributed by atoms with E-state index < -0.39 is 0 Å². The Morgan fingerprint density at radius 3 is 2.55 bits per heavy atom. The van der Waals surface area contributed by atoms with Crippen molar-refractivity contribution in [1.82, 2.24) is 10.3 Å². The van der Waals surface area contributed by atoms with Crippen LogP contribution in [0, 0.1) is 5.82 Å². The number of halogens is 1. The molecule has 0 atom stereocenters. The summed E-state index contributed by atoms with van der Waals surface area (Å²) in [6.45, 7) is 1.15. The summed E-state index contributed by atoms with van der Waals surface area (Å²) < 4.78 is 17.6. The van der Waals surface area contributed by atoms with Crippen LogP contribution in [-0.2, 0) is 17.8 Å². The largest absolute Gasteiger partial charge is 0.465 e. The Hall–Kier alpha value is -2.27. The Labute approximate surface area is 116 Å². The first-order valence-corrected chi connectivity index (χ1v) is 6.16. The van der Waals surface area contributed by atoms with Gasteiger partial charge in [0.2, 0.25) is 0 Å². The number of hydrogen-bond donors (Lipinski definition) is 1. The van der Waals surface area contributed by atoms with Crippen LogP contribution in [-0.4, -0.2) is 18.1 Å². The lowest BCUT2D eigenvalue weighted by Crippen LogP contribution is -2.13.